The van der Waals surface area contributed by atoms with Crippen LogP contribution < -0.4 is 10.5 Å². The zero-order valence-corrected chi connectivity index (χ0v) is 15.4. The van der Waals surface area contributed by atoms with Crippen LogP contribution >= 0.6 is 11.6 Å². The van der Waals surface area contributed by atoms with Crippen molar-refractivity contribution in [2.45, 2.75) is 38.8 Å². The number of amides is 1. The highest BCUT2D eigenvalue weighted by Crippen LogP contribution is 2.26. The number of likely N-dealkylation sites (tertiary alicyclic amines) is 1. The van der Waals surface area contributed by atoms with Gasteiger partial charge in [-0.15, -0.1) is 0 Å². The number of hydrogen-bond acceptors (Lipinski definition) is 4. The number of rotatable bonds is 8. The van der Waals surface area contributed by atoms with Gasteiger partial charge in [0.05, 0.1) is 5.02 Å². The summed E-state index contributed by atoms with van der Waals surface area (Å²) < 4.78 is 5.27. The third-order valence-corrected chi connectivity index (χ3v) is 4.82. The molecule has 24 heavy (non-hydrogen) atoms. The largest absolute Gasteiger partial charge is 0.482 e. The lowest BCUT2D eigenvalue weighted by molar-refractivity contribution is -0.119. The van der Waals surface area contributed by atoms with E-state index in [4.69, 9.17) is 22.1 Å². The predicted molar refractivity (Wildman–Crippen MR) is 97.4 cm³/mol. The molecule has 1 aromatic carbocycles. The van der Waals surface area contributed by atoms with E-state index in [1.165, 1.54) is 25.8 Å². The number of ether oxygens (including phenoxy) is 1. The standard InChI is InChI=1S/C18H28ClN3O2/c1-14-5-3-4-8-22(14)10-9-21(2)12-15-6-7-17(16(19)11-15)24-13-18(20)23/h6-7,11,14H,3-5,8-10,12-13H2,1-2H3,(H2,20,23). The fourth-order valence-electron chi connectivity index (χ4n) is 3.09. The van der Waals surface area contributed by atoms with Gasteiger partial charge in [-0.1, -0.05) is 24.1 Å². The number of nitrogens with two attached hydrogens (primary N) is 1. The Balaban J connectivity index is 1.81. The van der Waals surface area contributed by atoms with Crippen molar-refractivity contribution in [1.82, 2.24) is 9.80 Å². The molecule has 1 unspecified atom stereocenters. The minimum atomic E-state index is -0.512. The molecule has 0 radical (unpaired) electrons. The molecule has 0 spiro atoms. The van der Waals surface area contributed by atoms with Crippen LogP contribution in [0.3, 0.4) is 0 Å². The molecule has 0 aliphatic carbocycles. The van der Waals surface area contributed by atoms with E-state index < -0.39 is 5.91 Å². The number of benzene rings is 1. The lowest BCUT2D eigenvalue weighted by Gasteiger charge is -2.34. The summed E-state index contributed by atoms with van der Waals surface area (Å²) in [5, 5.41) is 0.506. The van der Waals surface area contributed by atoms with Gasteiger partial charge >= 0.3 is 0 Å². The summed E-state index contributed by atoms with van der Waals surface area (Å²) in [6.07, 6.45) is 3.98. The predicted octanol–water partition coefficient (Wildman–Crippen LogP) is 2.51. The van der Waals surface area contributed by atoms with Crippen LogP contribution in [0, 0.1) is 0 Å². The molecule has 2 rings (SSSR count). The Morgan fingerprint density at radius 3 is 2.92 bits per heavy atom. The molecule has 1 amide bonds. The van der Waals surface area contributed by atoms with Crippen LogP contribution in [-0.4, -0.2) is 55.0 Å². The summed E-state index contributed by atoms with van der Waals surface area (Å²) >= 11 is 6.21. The fourth-order valence-corrected chi connectivity index (χ4v) is 3.35. The van der Waals surface area contributed by atoms with Crippen molar-refractivity contribution in [2.75, 3.05) is 33.3 Å². The molecule has 5 nitrogen and oxygen atoms in total. The van der Waals surface area contributed by atoms with Gasteiger partial charge in [0, 0.05) is 25.7 Å². The van der Waals surface area contributed by atoms with Gasteiger partial charge in [-0.25, -0.2) is 0 Å². The molecule has 1 aliphatic rings. The third kappa shape index (κ3) is 5.96. The Hall–Kier alpha value is -1.30. The zero-order chi connectivity index (χ0) is 17.5. The van der Waals surface area contributed by atoms with E-state index in [0.29, 0.717) is 16.8 Å². The topological polar surface area (TPSA) is 58.8 Å². The summed E-state index contributed by atoms with van der Waals surface area (Å²) in [5.41, 5.74) is 6.20. The first-order chi connectivity index (χ1) is 11.5. The highest BCUT2D eigenvalue weighted by Gasteiger charge is 2.18. The van der Waals surface area contributed by atoms with Crippen LogP contribution in [0.25, 0.3) is 0 Å². The van der Waals surface area contributed by atoms with Gasteiger partial charge in [-0.3, -0.25) is 9.69 Å². The first-order valence-corrected chi connectivity index (χ1v) is 8.95. The number of nitrogens with zero attached hydrogens (tertiary/aromatic N) is 2. The summed E-state index contributed by atoms with van der Waals surface area (Å²) in [5.74, 6) is -0.0224. The Bertz CT molecular complexity index is 553. The van der Waals surface area contributed by atoms with E-state index in [2.05, 4.69) is 23.8 Å². The Labute approximate surface area is 149 Å². The SMILES string of the molecule is CC1CCCCN1CCN(C)Cc1ccc(OCC(N)=O)c(Cl)c1. The Kier molecular flexibility index (Phi) is 7.34. The maximum Gasteiger partial charge on any atom is 0.255 e. The molecule has 0 saturated carbocycles. The molecule has 134 valence electrons. The average Bonchev–Trinajstić information content (AvgIpc) is 2.53. The van der Waals surface area contributed by atoms with E-state index >= 15 is 0 Å². The van der Waals surface area contributed by atoms with Gasteiger partial charge in [0.1, 0.15) is 5.75 Å². The van der Waals surface area contributed by atoms with Crippen LogP contribution in [0.2, 0.25) is 5.02 Å². The van der Waals surface area contributed by atoms with E-state index in [9.17, 15) is 4.79 Å². The molecule has 0 aromatic heterocycles. The van der Waals surface area contributed by atoms with Crippen molar-refractivity contribution in [1.29, 1.82) is 0 Å². The summed E-state index contributed by atoms with van der Waals surface area (Å²) in [4.78, 5) is 15.6. The van der Waals surface area contributed by atoms with Crippen molar-refractivity contribution < 1.29 is 9.53 Å². The van der Waals surface area contributed by atoms with Gasteiger partial charge in [0.2, 0.25) is 0 Å². The smallest absolute Gasteiger partial charge is 0.255 e. The van der Waals surface area contributed by atoms with Gasteiger partial charge in [0.25, 0.3) is 5.91 Å². The van der Waals surface area contributed by atoms with Crippen molar-refractivity contribution >= 4 is 17.5 Å². The van der Waals surface area contributed by atoms with Crippen LogP contribution in [-0.2, 0) is 11.3 Å². The van der Waals surface area contributed by atoms with E-state index in [0.717, 1.165) is 25.2 Å². The second-order valence-corrected chi connectivity index (χ2v) is 7.05. The third-order valence-electron chi connectivity index (χ3n) is 4.53. The number of primary amides is 1. The first-order valence-electron chi connectivity index (χ1n) is 8.58. The highest BCUT2D eigenvalue weighted by molar-refractivity contribution is 6.32. The number of carbonyl (C=O) groups is 1. The number of likely N-dealkylation sites (N-methyl/N-ethyl adjacent to an activating group) is 1. The molecule has 1 atom stereocenters. The summed E-state index contributed by atoms with van der Waals surface area (Å²) in [6, 6.07) is 6.35. The quantitative estimate of drug-likeness (QED) is 0.780. The van der Waals surface area contributed by atoms with Gasteiger partial charge in [-0.05, 0) is 51.1 Å². The maximum absolute atomic E-state index is 10.8. The van der Waals surface area contributed by atoms with Crippen molar-refractivity contribution in [3.63, 3.8) is 0 Å². The molecule has 1 saturated heterocycles. The van der Waals surface area contributed by atoms with E-state index in [1.807, 2.05) is 12.1 Å². The zero-order valence-electron chi connectivity index (χ0n) is 14.6. The Morgan fingerprint density at radius 1 is 1.46 bits per heavy atom. The summed E-state index contributed by atoms with van der Waals surface area (Å²) in [6.45, 7) is 6.34. The monoisotopic (exact) mass is 353 g/mol. The van der Waals surface area contributed by atoms with Gasteiger partial charge < -0.3 is 15.4 Å². The lowest BCUT2D eigenvalue weighted by Crippen LogP contribution is -2.41. The van der Waals surface area contributed by atoms with Crippen molar-refractivity contribution in [2.24, 2.45) is 5.73 Å². The first kappa shape index (κ1) is 19.0. The van der Waals surface area contributed by atoms with Gasteiger partial charge in [0.15, 0.2) is 6.61 Å². The second-order valence-electron chi connectivity index (χ2n) is 6.64. The second kappa shape index (κ2) is 9.25. The molecular weight excluding hydrogens is 326 g/mol. The van der Waals surface area contributed by atoms with E-state index in [1.54, 1.807) is 6.07 Å². The molecule has 0 bridgehead atoms. The summed E-state index contributed by atoms with van der Waals surface area (Å²) in [7, 11) is 2.13. The average molecular weight is 354 g/mol. The number of halogens is 1. The molecular formula is C18H28ClN3O2. The maximum atomic E-state index is 10.8. The highest BCUT2D eigenvalue weighted by atomic mass is 35.5. The lowest BCUT2D eigenvalue weighted by atomic mass is 10.0. The van der Waals surface area contributed by atoms with Crippen LogP contribution in [0.1, 0.15) is 31.7 Å². The van der Waals surface area contributed by atoms with E-state index in [-0.39, 0.29) is 6.61 Å². The number of carbonyl (C=O) groups excluding carboxylic acids is 1. The minimum Gasteiger partial charge on any atom is -0.482 e. The molecule has 6 heteroatoms. The molecule has 2 N–H and O–H groups in total. The van der Waals surface area contributed by atoms with Crippen LogP contribution in [0.5, 0.6) is 5.75 Å². The van der Waals surface area contributed by atoms with Crippen LogP contribution in [0.15, 0.2) is 18.2 Å². The normalized spacial score (nSPS) is 18.8. The Morgan fingerprint density at radius 2 is 2.25 bits per heavy atom. The van der Waals surface area contributed by atoms with Crippen molar-refractivity contribution in [3.05, 3.63) is 28.8 Å². The number of hydrogen-bond donors (Lipinski definition) is 1. The molecule has 1 heterocycles. The molecule has 1 fully saturated rings. The van der Waals surface area contributed by atoms with Gasteiger partial charge in [-0.2, -0.15) is 0 Å². The van der Waals surface area contributed by atoms with Crippen molar-refractivity contribution in [3.8, 4) is 5.75 Å². The fraction of sp³-hybridized carbons (Fsp3) is 0.611. The molecule has 1 aliphatic heterocycles. The molecule has 1 aromatic rings. The minimum absolute atomic E-state index is 0.160. The van der Waals surface area contributed by atoms with Crippen LogP contribution in [0.4, 0.5) is 0 Å². The number of piperidine rings is 1.